The highest BCUT2D eigenvalue weighted by Crippen LogP contribution is 2.21. The Bertz CT molecular complexity index is 245. The molecule has 0 aromatic rings. The molecule has 0 aliphatic carbocycles. The van der Waals surface area contributed by atoms with E-state index in [1.165, 1.54) is 0 Å². The Morgan fingerprint density at radius 1 is 1.83 bits per heavy atom. The molecule has 0 amide bonds. The van der Waals surface area contributed by atoms with Crippen molar-refractivity contribution in [2.75, 3.05) is 0 Å². The van der Waals surface area contributed by atoms with Gasteiger partial charge < -0.3 is 9.84 Å². The van der Waals surface area contributed by atoms with Crippen LogP contribution in [0.25, 0.3) is 0 Å². The summed E-state index contributed by atoms with van der Waals surface area (Å²) in [6.07, 6.45) is 3.52. The summed E-state index contributed by atoms with van der Waals surface area (Å²) >= 11 is 3.01. The van der Waals surface area contributed by atoms with Crippen LogP contribution in [0.5, 0.6) is 0 Å². The lowest BCUT2D eigenvalue weighted by Crippen LogP contribution is -2.23. The number of carbonyl (C=O) groups excluding carboxylic acids is 1. The van der Waals surface area contributed by atoms with Crippen LogP contribution < -0.4 is 0 Å². The second-order valence-corrected chi connectivity index (χ2v) is 3.26. The van der Waals surface area contributed by atoms with Crippen LogP contribution in [0.2, 0.25) is 0 Å². The van der Waals surface area contributed by atoms with E-state index in [-0.39, 0.29) is 0 Å². The predicted octanol–water partition coefficient (Wildman–Crippen LogP) is 1.13. The summed E-state index contributed by atoms with van der Waals surface area (Å²) in [5, 5.41) is 9.36. The van der Waals surface area contributed by atoms with Crippen molar-refractivity contribution in [3.63, 3.8) is 0 Å². The van der Waals surface area contributed by atoms with Crippen LogP contribution in [0.4, 0.5) is 0 Å². The van der Waals surface area contributed by atoms with Gasteiger partial charge in [0.2, 0.25) is 0 Å². The molecule has 66 valence electrons. The first-order chi connectivity index (χ1) is 5.65. The van der Waals surface area contributed by atoms with E-state index < -0.39 is 18.2 Å². The molecule has 0 radical (unpaired) electrons. The average molecular weight is 233 g/mol. The first-order valence-corrected chi connectivity index (χ1v) is 4.33. The van der Waals surface area contributed by atoms with E-state index in [1.54, 1.807) is 25.2 Å². The molecule has 0 saturated heterocycles. The maximum Gasteiger partial charge on any atom is 0.345 e. The van der Waals surface area contributed by atoms with Gasteiger partial charge in [-0.05, 0) is 28.9 Å². The lowest BCUT2D eigenvalue weighted by atomic mass is 10.2. The van der Waals surface area contributed by atoms with Crippen molar-refractivity contribution in [2.45, 2.75) is 19.1 Å². The highest BCUT2D eigenvalue weighted by atomic mass is 79.9. The lowest BCUT2D eigenvalue weighted by Gasteiger charge is -2.11. The molecule has 1 rings (SSSR count). The number of carbonyl (C=O) groups is 1. The summed E-state index contributed by atoms with van der Waals surface area (Å²) in [6, 6.07) is 0. The van der Waals surface area contributed by atoms with E-state index in [2.05, 4.69) is 15.9 Å². The van der Waals surface area contributed by atoms with E-state index in [4.69, 9.17) is 4.74 Å². The van der Waals surface area contributed by atoms with Gasteiger partial charge in [0, 0.05) is 0 Å². The summed E-state index contributed by atoms with van der Waals surface area (Å²) < 4.78 is 5.18. The van der Waals surface area contributed by atoms with Crippen molar-refractivity contribution in [1.82, 2.24) is 0 Å². The molecule has 2 unspecified atom stereocenters. The Balaban J connectivity index is 2.63. The van der Waals surface area contributed by atoms with Gasteiger partial charge in [0.25, 0.3) is 0 Å². The van der Waals surface area contributed by atoms with E-state index in [9.17, 15) is 9.90 Å². The summed E-state index contributed by atoms with van der Waals surface area (Å²) in [5.74, 6) is -0.427. The molecular weight excluding hydrogens is 224 g/mol. The third-order valence-electron chi connectivity index (χ3n) is 1.47. The number of aliphatic hydroxyl groups is 1. The highest BCUT2D eigenvalue weighted by molar-refractivity contribution is 9.12. The fourth-order valence-electron chi connectivity index (χ4n) is 0.901. The number of ether oxygens (including phenoxy) is 1. The van der Waals surface area contributed by atoms with Crippen LogP contribution in [0.1, 0.15) is 6.92 Å². The zero-order valence-electron chi connectivity index (χ0n) is 6.53. The van der Waals surface area contributed by atoms with E-state index in [0.29, 0.717) is 4.48 Å². The molecule has 0 saturated carbocycles. The normalized spacial score (nSPS) is 25.8. The largest absolute Gasteiger partial charge is 0.451 e. The zero-order chi connectivity index (χ0) is 9.14. The fraction of sp³-hybridized carbons (Fsp3) is 0.375. The molecule has 2 atom stereocenters. The second kappa shape index (κ2) is 3.87. The minimum absolute atomic E-state index is 0.371. The van der Waals surface area contributed by atoms with Gasteiger partial charge in [0.15, 0.2) is 6.10 Å². The van der Waals surface area contributed by atoms with Crippen molar-refractivity contribution in [1.29, 1.82) is 0 Å². The van der Waals surface area contributed by atoms with Gasteiger partial charge >= 0.3 is 5.97 Å². The number of halogens is 1. The van der Waals surface area contributed by atoms with Gasteiger partial charge in [-0.3, -0.25) is 0 Å². The maximum atomic E-state index is 10.8. The Labute approximate surface area is 78.8 Å². The Morgan fingerprint density at radius 2 is 2.50 bits per heavy atom. The molecule has 1 N–H and O–H groups in total. The van der Waals surface area contributed by atoms with Gasteiger partial charge in [-0.2, -0.15) is 0 Å². The Hall–Kier alpha value is -0.610. The molecule has 12 heavy (non-hydrogen) atoms. The number of aliphatic hydroxyl groups excluding tert-OH is 1. The average Bonchev–Trinajstić information content (AvgIpc) is 2.33. The molecule has 0 fully saturated rings. The number of rotatable bonds is 2. The smallest absolute Gasteiger partial charge is 0.345 e. The number of hydrogen-bond acceptors (Lipinski definition) is 3. The minimum atomic E-state index is -0.756. The summed E-state index contributed by atoms with van der Waals surface area (Å²) in [7, 11) is 0. The van der Waals surface area contributed by atoms with Crippen LogP contribution in [0.3, 0.4) is 0 Å². The van der Waals surface area contributed by atoms with Gasteiger partial charge in [-0.25, -0.2) is 4.79 Å². The predicted molar refractivity (Wildman–Crippen MR) is 47.7 cm³/mol. The summed E-state index contributed by atoms with van der Waals surface area (Å²) in [6.45, 7) is 1.79. The van der Waals surface area contributed by atoms with E-state index >= 15 is 0 Å². The molecule has 0 aromatic heterocycles. The molecule has 4 heteroatoms. The van der Waals surface area contributed by atoms with Crippen LogP contribution in [0.15, 0.2) is 22.7 Å². The zero-order valence-corrected chi connectivity index (χ0v) is 8.11. The first-order valence-electron chi connectivity index (χ1n) is 3.54. The quantitative estimate of drug-likeness (QED) is 0.574. The van der Waals surface area contributed by atoms with Crippen molar-refractivity contribution < 1.29 is 14.6 Å². The number of allylic oxidation sites excluding steroid dienone is 1. The molecule has 1 aliphatic rings. The maximum absolute atomic E-state index is 10.8. The number of esters is 1. The molecule has 0 spiro atoms. The van der Waals surface area contributed by atoms with E-state index in [1.807, 2.05) is 0 Å². The third-order valence-corrected chi connectivity index (χ3v) is 2.06. The van der Waals surface area contributed by atoms with Crippen LogP contribution in [-0.2, 0) is 9.53 Å². The van der Waals surface area contributed by atoms with Gasteiger partial charge in [0.05, 0.1) is 0 Å². The van der Waals surface area contributed by atoms with Gasteiger partial charge in [-0.1, -0.05) is 12.2 Å². The van der Waals surface area contributed by atoms with Crippen molar-refractivity contribution in [3.05, 3.63) is 22.7 Å². The fourth-order valence-corrected chi connectivity index (χ4v) is 1.26. The monoisotopic (exact) mass is 232 g/mol. The highest BCUT2D eigenvalue weighted by Gasteiger charge is 2.27. The van der Waals surface area contributed by atoms with Crippen LogP contribution >= 0.6 is 15.9 Å². The van der Waals surface area contributed by atoms with Gasteiger partial charge in [0.1, 0.15) is 10.6 Å². The third kappa shape index (κ3) is 1.95. The standard InChI is InChI=1S/C8H9BrO3/c1-2-3-6(10)7-4-5(9)8(11)12-7/h2-4,6-7,10H,1H3/b3-2+. The van der Waals surface area contributed by atoms with Crippen LogP contribution in [-0.4, -0.2) is 23.3 Å². The summed E-state index contributed by atoms with van der Waals surface area (Å²) in [5.41, 5.74) is 0. The molecular formula is C8H9BrO3. The Kier molecular flexibility index (Phi) is 3.05. The SMILES string of the molecule is C/C=C/C(O)C1C=C(Br)C(=O)O1. The van der Waals surface area contributed by atoms with Crippen molar-refractivity contribution >= 4 is 21.9 Å². The lowest BCUT2D eigenvalue weighted by molar-refractivity contribution is -0.141. The molecule has 0 aromatic carbocycles. The van der Waals surface area contributed by atoms with Gasteiger partial charge in [-0.15, -0.1) is 0 Å². The second-order valence-electron chi connectivity index (χ2n) is 2.40. The molecule has 1 aliphatic heterocycles. The first kappa shape index (κ1) is 9.48. The molecule has 0 bridgehead atoms. The van der Waals surface area contributed by atoms with E-state index in [0.717, 1.165) is 0 Å². The molecule has 1 heterocycles. The summed E-state index contributed by atoms with van der Waals surface area (Å²) in [4.78, 5) is 10.8. The molecule has 3 nitrogen and oxygen atoms in total. The number of hydrogen-bond donors (Lipinski definition) is 1. The minimum Gasteiger partial charge on any atom is -0.451 e. The van der Waals surface area contributed by atoms with Crippen molar-refractivity contribution in [3.8, 4) is 0 Å². The Morgan fingerprint density at radius 3 is 2.92 bits per heavy atom. The van der Waals surface area contributed by atoms with Crippen molar-refractivity contribution in [2.24, 2.45) is 0 Å². The number of cyclic esters (lactones) is 1. The topological polar surface area (TPSA) is 46.5 Å². The van der Waals surface area contributed by atoms with Crippen LogP contribution in [0, 0.1) is 0 Å².